The number of nitrogens with zero attached hydrogens (tertiary/aromatic N) is 1. The minimum atomic E-state index is -0.866. The van der Waals surface area contributed by atoms with Gasteiger partial charge in [0.2, 0.25) is 0 Å². The maximum absolute atomic E-state index is 13.8. The molecule has 5 nitrogen and oxygen atoms in total. The molecule has 0 radical (unpaired) electrons. The Morgan fingerprint density at radius 2 is 1.23 bits per heavy atom. The standard InChI is InChI=1S/C43H83NO4/c1-14-15-31-43(11,41(46)47-33-20-30-42(9,10)35(4)5)39(48-40(45)27-19-32-44(12)13)29-28-38(8)26-18-25-37(7)24-17-23-36(6)22-16-21-34(2)3/h20,30,34-39H,14-19,21-29,31-33H2,1-13H3/b30-20+. The molecule has 0 N–H and O–H groups in total. The highest BCUT2D eigenvalue weighted by atomic mass is 16.6. The lowest BCUT2D eigenvalue weighted by molar-refractivity contribution is -0.173. The van der Waals surface area contributed by atoms with Crippen LogP contribution in [-0.4, -0.2) is 50.2 Å². The SMILES string of the molecule is CCCCC(C)(C(=O)OC/C=C/C(C)(C)C(C)C)C(CCC(C)CCCC(C)CCCC(C)CCCC(C)C)OC(=O)CCCN(C)C. The van der Waals surface area contributed by atoms with E-state index in [0.717, 1.165) is 50.0 Å². The van der Waals surface area contributed by atoms with Crippen LogP contribution >= 0.6 is 0 Å². The van der Waals surface area contributed by atoms with Crippen molar-refractivity contribution in [3.05, 3.63) is 12.2 Å². The second kappa shape index (κ2) is 25.6. The van der Waals surface area contributed by atoms with Gasteiger partial charge in [-0.05, 0) is 88.3 Å². The summed E-state index contributed by atoms with van der Waals surface area (Å²) < 4.78 is 12.1. The van der Waals surface area contributed by atoms with E-state index in [1.807, 2.05) is 27.1 Å². The number of rotatable bonds is 29. The quantitative estimate of drug-likeness (QED) is 0.0582. The van der Waals surface area contributed by atoms with Crippen molar-refractivity contribution in [1.29, 1.82) is 0 Å². The number of hydrogen-bond acceptors (Lipinski definition) is 5. The van der Waals surface area contributed by atoms with Gasteiger partial charge in [0.1, 0.15) is 18.1 Å². The Kier molecular flexibility index (Phi) is 24.8. The molecule has 0 saturated heterocycles. The van der Waals surface area contributed by atoms with Crippen LogP contribution in [0.5, 0.6) is 0 Å². The molecule has 0 aliphatic carbocycles. The highest BCUT2D eigenvalue weighted by molar-refractivity contribution is 5.78. The summed E-state index contributed by atoms with van der Waals surface area (Å²) in [5.74, 6) is 2.99. The van der Waals surface area contributed by atoms with Gasteiger partial charge in [-0.2, -0.15) is 0 Å². The second-order valence-electron chi connectivity index (χ2n) is 17.5. The molecule has 5 atom stereocenters. The molecule has 5 unspecified atom stereocenters. The third-order valence-corrected chi connectivity index (χ3v) is 11.0. The van der Waals surface area contributed by atoms with Crippen molar-refractivity contribution in [1.82, 2.24) is 4.90 Å². The fourth-order valence-electron chi connectivity index (χ4n) is 6.41. The third-order valence-electron chi connectivity index (χ3n) is 11.0. The highest BCUT2D eigenvalue weighted by Gasteiger charge is 2.44. The fourth-order valence-corrected chi connectivity index (χ4v) is 6.41. The first-order chi connectivity index (χ1) is 22.4. The lowest BCUT2D eigenvalue weighted by Gasteiger charge is -2.36. The zero-order valence-electron chi connectivity index (χ0n) is 34.4. The van der Waals surface area contributed by atoms with Gasteiger partial charge in [-0.15, -0.1) is 0 Å². The Balaban J connectivity index is 5.29. The van der Waals surface area contributed by atoms with Crippen molar-refractivity contribution >= 4 is 11.9 Å². The maximum Gasteiger partial charge on any atom is 0.315 e. The largest absolute Gasteiger partial charge is 0.461 e. The zero-order valence-corrected chi connectivity index (χ0v) is 34.4. The van der Waals surface area contributed by atoms with Crippen LogP contribution < -0.4 is 0 Å². The van der Waals surface area contributed by atoms with E-state index in [-0.39, 0.29) is 24.0 Å². The van der Waals surface area contributed by atoms with E-state index in [9.17, 15) is 9.59 Å². The second-order valence-corrected chi connectivity index (χ2v) is 17.5. The molecule has 0 saturated carbocycles. The van der Waals surface area contributed by atoms with E-state index in [0.29, 0.717) is 31.1 Å². The number of esters is 2. The Labute approximate surface area is 300 Å². The van der Waals surface area contributed by atoms with Crippen LogP contribution in [0.1, 0.15) is 179 Å². The van der Waals surface area contributed by atoms with Crippen LogP contribution in [-0.2, 0) is 19.1 Å². The smallest absolute Gasteiger partial charge is 0.315 e. The predicted molar refractivity (Wildman–Crippen MR) is 207 cm³/mol. The monoisotopic (exact) mass is 678 g/mol. The van der Waals surface area contributed by atoms with Gasteiger partial charge in [-0.3, -0.25) is 9.59 Å². The lowest BCUT2D eigenvalue weighted by Crippen LogP contribution is -2.44. The first-order valence-electron chi connectivity index (χ1n) is 20.1. The molecule has 0 aliphatic heterocycles. The topological polar surface area (TPSA) is 55.8 Å². The number of unbranched alkanes of at least 4 members (excludes halogenated alkanes) is 1. The van der Waals surface area contributed by atoms with Gasteiger partial charge < -0.3 is 14.4 Å². The van der Waals surface area contributed by atoms with Crippen LogP contribution in [0.25, 0.3) is 0 Å². The van der Waals surface area contributed by atoms with Gasteiger partial charge in [0.05, 0.1) is 0 Å². The molecule has 0 fully saturated rings. The first kappa shape index (κ1) is 46.6. The molecule has 0 aromatic rings. The number of hydrogen-bond donors (Lipinski definition) is 0. The summed E-state index contributed by atoms with van der Waals surface area (Å²) in [5, 5.41) is 0. The van der Waals surface area contributed by atoms with Crippen LogP contribution in [0.4, 0.5) is 0 Å². The van der Waals surface area contributed by atoms with Crippen LogP contribution in [0.3, 0.4) is 0 Å². The lowest BCUT2D eigenvalue weighted by atomic mass is 9.76. The number of carbonyl (C=O) groups excluding carboxylic acids is 2. The van der Waals surface area contributed by atoms with Gasteiger partial charge in [-0.25, -0.2) is 0 Å². The minimum Gasteiger partial charge on any atom is -0.461 e. The van der Waals surface area contributed by atoms with E-state index < -0.39 is 11.5 Å². The summed E-state index contributed by atoms with van der Waals surface area (Å²) in [4.78, 5) is 29.0. The summed E-state index contributed by atoms with van der Waals surface area (Å²) in [5.41, 5.74) is -0.837. The molecule has 5 heteroatoms. The molecule has 0 aliphatic rings. The zero-order chi connectivity index (χ0) is 36.8. The summed E-state index contributed by atoms with van der Waals surface area (Å²) in [6, 6.07) is 0. The summed E-state index contributed by atoms with van der Waals surface area (Å²) in [6.07, 6.45) is 20.7. The summed E-state index contributed by atoms with van der Waals surface area (Å²) in [7, 11) is 4.03. The molecule has 0 amide bonds. The van der Waals surface area contributed by atoms with E-state index in [2.05, 4.69) is 80.2 Å². The molecule has 48 heavy (non-hydrogen) atoms. The summed E-state index contributed by atoms with van der Waals surface area (Å²) in [6.45, 7) is 25.8. The Hall–Kier alpha value is -1.36. The third kappa shape index (κ3) is 21.7. The van der Waals surface area contributed by atoms with Crippen molar-refractivity contribution < 1.29 is 19.1 Å². The molecule has 0 heterocycles. The average Bonchev–Trinajstić information content (AvgIpc) is 2.99. The molecular weight excluding hydrogens is 594 g/mol. The number of allylic oxidation sites excluding steroid dienone is 1. The van der Waals surface area contributed by atoms with E-state index in [4.69, 9.17) is 9.47 Å². The maximum atomic E-state index is 13.8. The normalized spacial score (nSPS) is 16.3. The van der Waals surface area contributed by atoms with Crippen molar-refractivity contribution in [2.24, 2.45) is 40.4 Å². The van der Waals surface area contributed by atoms with Gasteiger partial charge >= 0.3 is 11.9 Å². The summed E-state index contributed by atoms with van der Waals surface area (Å²) >= 11 is 0. The minimum absolute atomic E-state index is 0.0297. The van der Waals surface area contributed by atoms with E-state index in [1.54, 1.807) is 0 Å². The van der Waals surface area contributed by atoms with Gasteiger partial charge in [0.25, 0.3) is 0 Å². The highest BCUT2D eigenvalue weighted by Crippen LogP contribution is 2.37. The van der Waals surface area contributed by atoms with Crippen molar-refractivity contribution in [3.63, 3.8) is 0 Å². The van der Waals surface area contributed by atoms with Crippen molar-refractivity contribution in [2.75, 3.05) is 27.2 Å². The van der Waals surface area contributed by atoms with Gasteiger partial charge in [0, 0.05) is 6.42 Å². The Bertz CT molecular complexity index is 863. The van der Waals surface area contributed by atoms with E-state index in [1.165, 1.54) is 57.8 Å². The van der Waals surface area contributed by atoms with Crippen LogP contribution in [0.15, 0.2) is 12.2 Å². The molecule has 0 aromatic carbocycles. The Morgan fingerprint density at radius 3 is 1.71 bits per heavy atom. The van der Waals surface area contributed by atoms with Gasteiger partial charge in [-0.1, -0.05) is 152 Å². The molecule has 0 rings (SSSR count). The van der Waals surface area contributed by atoms with Crippen molar-refractivity contribution in [3.8, 4) is 0 Å². The number of carbonyl (C=O) groups is 2. The Morgan fingerprint density at radius 1 is 0.708 bits per heavy atom. The predicted octanol–water partition coefficient (Wildman–Crippen LogP) is 12.1. The van der Waals surface area contributed by atoms with Crippen LogP contribution in [0.2, 0.25) is 0 Å². The van der Waals surface area contributed by atoms with Crippen molar-refractivity contribution in [2.45, 2.75) is 185 Å². The van der Waals surface area contributed by atoms with Gasteiger partial charge in [0.15, 0.2) is 0 Å². The average molecular weight is 678 g/mol. The van der Waals surface area contributed by atoms with E-state index >= 15 is 0 Å². The molecule has 0 spiro atoms. The molecule has 0 aromatic heterocycles. The van der Waals surface area contributed by atoms with Crippen LogP contribution in [0, 0.1) is 40.4 Å². The molecule has 284 valence electrons. The first-order valence-corrected chi connectivity index (χ1v) is 20.1. The molecular formula is C43H83NO4. The molecule has 0 bridgehead atoms. The fraction of sp³-hybridized carbons (Fsp3) is 0.907. The number of ether oxygens (including phenoxy) is 2.